The summed E-state index contributed by atoms with van der Waals surface area (Å²) in [6, 6.07) is 7.81. The standard InChI is InChI=1S/C18H26O4/c1-13(2)17(20)22-12-15(19)11-21-16-8-6-14(7-9-16)10-18(3,4)5/h6-9,15,19H,1,10-12H2,2-5H3. The minimum atomic E-state index is -0.863. The lowest BCUT2D eigenvalue weighted by Gasteiger charge is -2.18. The van der Waals surface area contributed by atoms with E-state index in [9.17, 15) is 9.90 Å². The molecule has 0 bridgehead atoms. The summed E-state index contributed by atoms with van der Waals surface area (Å²) >= 11 is 0. The summed E-state index contributed by atoms with van der Waals surface area (Å²) < 4.78 is 10.3. The Kier molecular flexibility index (Phi) is 6.62. The maximum Gasteiger partial charge on any atom is 0.333 e. The fourth-order valence-electron chi connectivity index (χ4n) is 1.85. The number of aliphatic hydroxyl groups excluding tert-OH is 1. The number of esters is 1. The average Bonchev–Trinajstić information content (AvgIpc) is 2.42. The van der Waals surface area contributed by atoms with Gasteiger partial charge in [-0.3, -0.25) is 0 Å². The second-order valence-corrected chi connectivity index (χ2v) is 6.73. The Bertz CT molecular complexity index is 497. The molecule has 0 aromatic heterocycles. The molecular weight excluding hydrogens is 280 g/mol. The van der Waals surface area contributed by atoms with Crippen molar-refractivity contribution in [2.75, 3.05) is 13.2 Å². The summed E-state index contributed by atoms with van der Waals surface area (Å²) in [6.07, 6.45) is 0.129. The van der Waals surface area contributed by atoms with Crippen molar-refractivity contribution in [2.24, 2.45) is 5.41 Å². The van der Waals surface area contributed by atoms with Gasteiger partial charge >= 0.3 is 5.97 Å². The third-order valence-corrected chi connectivity index (χ3v) is 2.86. The summed E-state index contributed by atoms with van der Waals surface area (Å²) in [6.45, 7) is 11.6. The molecule has 0 aliphatic rings. The van der Waals surface area contributed by atoms with Gasteiger partial charge in [0.15, 0.2) is 0 Å². The summed E-state index contributed by atoms with van der Waals surface area (Å²) in [7, 11) is 0. The number of rotatable bonds is 7. The van der Waals surface area contributed by atoms with Crippen molar-refractivity contribution in [1.82, 2.24) is 0 Å². The van der Waals surface area contributed by atoms with E-state index in [4.69, 9.17) is 9.47 Å². The molecule has 0 spiro atoms. The predicted molar refractivity (Wildman–Crippen MR) is 86.9 cm³/mol. The van der Waals surface area contributed by atoms with E-state index in [0.29, 0.717) is 11.3 Å². The molecule has 1 rings (SSSR count). The molecule has 0 fully saturated rings. The van der Waals surface area contributed by atoms with E-state index < -0.39 is 12.1 Å². The Morgan fingerprint density at radius 3 is 2.32 bits per heavy atom. The normalized spacial score (nSPS) is 12.6. The van der Waals surface area contributed by atoms with E-state index in [1.807, 2.05) is 24.3 Å². The van der Waals surface area contributed by atoms with E-state index in [1.165, 1.54) is 5.56 Å². The van der Waals surface area contributed by atoms with Crippen LogP contribution in [0.15, 0.2) is 36.4 Å². The predicted octanol–water partition coefficient (Wildman–Crippen LogP) is 3.13. The van der Waals surface area contributed by atoms with Gasteiger partial charge in [0.2, 0.25) is 0 Å². The van der Waals surface area contributed by atoms with Gasteiger partial charge in [0.05, 0.1) is 0 Å². The highest BCUT2D eigenvalue weighted by molar-refractivity contribution is 5.86. The molecule has 1 unspecified atom stereocenters. The SMILES string of the molecule is C=C(C)C(=O)OCC(O)COc1ccc(CC(C)(C)C)cc1. The molecule has 0 aliphatic carbocycles. The first kappa shape index (κ1) is 18.2. The Morgan fingerprint density at radius 2 is 1.82 bits per heavy atom. The van der Waals surface area contributed by atoms with Crippen LogP contribution in [0.4, 0.5) is 0 Å². The van der Waals surface area contributed by atoms with Crippen LogP contribution < -0.4 is 4.74 Å². The van der Waals surface area contributed by atoms with Gasteiger partial charge in [-0.05, 0) is 36.5 Å². The number of carbonyl (C=O) groups excluding carboxylic acids is 1. The molecule has 1 N–H and O–H groups in total. The molecule has 4 heteroatoms. The molecule has 4 nitrogen and oxygen atoms in total. The minimum absolute atomic E-state index is 0.0715. The number of hydrogen-bond donors (Lipinski definition) is 1. The first-order valence-corrected chi connectivity index (χ1v) is 7.40. The van der Waals surface area contributed by atoms with Crippen LogP contribution in [-0.4, -0.2) is 30.4 Å². The van der Waals surface area contributed by atoms with Gasteiger partial charge < -0.3 is 14.6 Å². The van der Waals surface area contributed by atoms with Gasteiger partial charge in [0.1, 0.15) is 25.1 Å². The fraction of sp³-hybridized carbons (Fsp3) is 0.500. The Labute approximate surface area is 132 Å². The zero-order valence-corrected chi connectivity index (χ0v) is 13.9. The largest absolute Gasteiger partial charge is 0.491 e. The van der Waals surface area contributed by atoms with Crippen LogP contribution in [0.25, 0.3) is 0 Å². The highest BCUT2D eigenvalue weighted by Crippen LogP contribution is 2.22. The van der Waals surface area contributed by atoms with Gasteiger partial charge in [0.25, 0.3) is 0 Å². The molecule has 0 saturated heterocycles. The van der Waals surface area contributed by atoms with Gasteiger partial charge in [-0.15, -0.1) is 0 Å². The fourth-order valence-corrected chi connectivity index (χ4v) is 1.85. The van der Waals surface area contributed by atoms with Crippen LogP contribution in [0.3, 0.4) is 0 Å². The van der Waals surface area contributed by atoms with Gasteiger partial charge in [-0.1, -0.05) is 39.5 Å². The van der Waals surface area contributed by atoms with Crippen molar-refractivity contribution in [1.29, 1.82) is 0 Å². The van der Waals surface area contributed by atoms with Crippen molar-refractivity contribution in [3.63, 3.8) is 0 Å². The lowest BCUT2D eigenvalue weighted by molar-refractivity contribution is -0.142. The van der Waals surface area contributed by atoms with Gasteiger partial charge in [-0.25, -0.2) is 4.79 Å². The zero-order chi connectivity index (χ0) is 16.8. The number of ether oxygens (including phenoxy) is 2. The monoisotopic (exact) mass is 306 g/mol. The molecule has 122 valence electrons. The van der Waals surface area contributed by atoms with Crippen molar-refractivity contribution >= 4 is 5.97 Å². The third-order valence-electron chi connectivity index (χ3n) is 2.86. The first-order valence-electron chi connectivity index (χ1n) is 7.40. The van der Waals surface area contributed by atoms with Crippen molar-refractivity contribution in [3.8, 4) is 5.75 Å². The molecule has 1 aromatic rings. The molecule has 1 aromatic carbocycles. The molecule has 0 amide bonds. The molecule has 0 saturated carbocycles. The Hall–Kier alpha value is -1.81. The molecule has 0 radical (unpaired) electrons. The minimum Gasteiger partial charge on any atom is -0.491 e. The van der Waals surface area contributed by atoms with Crippen LogP contribution >= 0.6 is 0 Å². The van der Waals surface area contributed by atoms with Crippen LogP contribution in [0, 0.1) is 5.41 Å². The van der Waals surface area contributed by atoms with E-state index in [-0.39, 0.29) is 18.6 Å². The lowest BCUT2D eigenvalue weighted by Crippen LogP contribution is -2.25. The quantitative estimate of drug-likeness (QED) is 0.621. The lowest BCUT2D eigenvalue weighted by atomic mass is 9.88. The highest BCUT2D eigenvalue weighted by atomic mass is 16.5. The molecule has 0 heterocycles. The molecule has 1 atom stereocenters. The molecule has 0 aliphatic heterocycles. The highest BCUT2D eigenvalue weighted by Gasteiger charge is 2.12. The van der Waals surface area contributed by atoms with Crippen LogP contribution in [0.2, 0.25) is 0 Å². The van der Waals surface area contributed by atoms with Gasteiger partial charge in [-0.2, -0.15) is 0 Å². The van der Waals surface area contributed by atoms with Crippen LogP contribution in [-0.2, 0) is 16.0 Å². The number of hydrogen-bond acceptors (Lipinski definition) is 4. The van der Waals surface area contributed by atoms with Crippen LogP contribution in [0.5, 0.6) is 5.75 Å². The Balaban J connectivity index is 2.38. The van der Waals surface area contributed by atoms with E-state index >= 15 is 0 Å². The first-order chi connectivity index (χ1) is 10.2. The van der Waals surface area contributed by atoms with E-state index in [1.54, 1.807) is 6.92 Å². The summed E-state index contributed by atoms with van der Waals surface area (Å²) in [5.41, 5.74) is 1.80. The maximum atomic E-state index is 11.2. The Morgan fingerprint density at radius 1 is 1.23 bits per heavy atom. The maximum absolute atomic E-state index is 11.2. The topological polar surface area (TPSA) is 55.8 Å². The average molecular weight is 306 g/mol. The van der Waals surface area contributed by atoms with Crippen LogP contribution in [0.1, 0.15) is 33.3 Å². The smallest absolute Gasteiger partial charge is 0.333 e. The van der Waals surface area contributed by atoms with E-state index in [2.05, 4.69) is 27.4 Å². The summed E-state index contributed by atoms with van der Waals surface area (Å²) in [4.78, 5) is 11.2. The molecule has 22 heavy (non-hydrogen) atoms. The van der Waals surface area contributed by atoms with Crippen molar-refractivity contribution in [3.05, 3.63) is 42.0 Å². The zero-order valence-electron chi connectivity index (χ0n) is 13.9. The van der Waals surface area contributed by atoms with Crippen molar-refractivity contribution in [2.45, 2.75) is 40.2 Å². The summed E-state index contributed by atoms with van der Waals surface area (Å²) in [5.74, 6) is 0.175. The second-order valence-electron chi connectivity index (χ2n) is 6.73. The molecular formula is C18H26O4. The van der Waals surface area contributed by atoms with Crippen molar-refractivity contribution < 1.29 is 19.4 Å². The number of carbonyl (C=O) groups is 1. The van der Waals surface area contributed by atoms with Gasteiger partial charge in [0, 0.05) is 5.57 Å². The third kappa shape index (κ3) is 7.27. The second kappa shape index (κ2) is 7.99. The number of benzene rings is 1. The van der Waals surface area contributed by atoms with E-state index in [0.717, 1.165) is 6.42 Å². The summed E-state index contributed by atoms with van der Waals surface area (Å²) in [5, 5.41) is 9.72. The number of aliphatic hydroxyl groups is 1.